The Morgan fingerprint density at radius 2 is 1.79 bits per heavy atom. The van der Waals surface area contributed by atoms with Crippen molar-refractivity contribution in [3.63, 3.8) is 0 Å². The first-order valence-corrected chi connectivity index (χ1v) is 7.98. The third kappa shape index (κ3) is 2.39. The van der Waals surface area contributed by atoms with E-state index in [0.717, 1.165) is 25.6 Å². The van der Waals surface area contributed by atoms with Crippen molar-refractivity contribution in [2.24, 2.45) is 5.10 Å². The highest BCUT2D eigenvalue weighted by molar-refractivity contribution is 9.10. The summed E-state index contributed by atoms with van der Waals surface area (Å²) in [6.45, 7) is 0. The van der Waals surface area contributed by atoms with Gasteiger partial charge in [0.2, 0.25) is 0 Å². The SMILES string of the molecule is O=c1[nH]c2c([nH]c3ccc(Br)cc32)c(=O)n1/N=C\c1ccccc1. The predicted molar refractivity (Wildman–Crippen MR) is 97.8 cm³/mol. The van der Waals surface area contributed by atoms with Crippen LogP contribution in [-0.2, 0) is 0 Å². The van der Waals surface area contributed by atoms with Crippen LogP contribution in [0, 0.1) is 0 Å². The third-order valence-electron chi connectivity index (χ3n) is 3.71. The molecule has 0 aliphatic rings. The Kier molecular flexibility index (Phi) is 3.42. The molecule has 0 saturated carbocycles. The number of benzene rings is 2. The Bertz CT molecular complexity index is 1200. The summed E-state index contributed by atoms with van der Waals surface area (Å²) in [5.74, 6) is 0. The van der Waals surface area contributed by atoms with Gasteiger partial charge in [-0.05, 0) is 23.8 Å². The van der Waals surface area contributed by atoms with E-state index in [-0.39, 0.29) is 0 Å². The van der Waals surface area contributed by atoms with Gasteiger partial charge in [-0.1, -0.05) is 46.3 Å². The number of halogens is 1. The van der Waals surface area contributed by atoms with Gasteiger partial charge in [-0.2, -0.15) is 5.10 Å². The quantitative estimate of drug-likeness (QED) is 0.522. The molecule has 7 heteroatoms. The predicted octanol–water partition coefficient (Wildman–Crippen LogP) is 2.82. The fourth-order valence-corrected chi connectivity index (χ4v) is 2.94. The number of nitrogens with one attached hydrogen (secondary N) is 2. The fraction of sp³-hybridized carbons (Fsp3) is 0. The topological polar surface area (TPSA) is 83.0 Å². The number of aromatic amines is 2. The summed E-state index contributed by atoms with van der Waals surface area (Å²) in [4.78, 5) is 30.6. The largest absolute Gasteiger partial charge is 0.350 e. The van der Waals surface area contributed by atoms with Gasteiger partial charge >= 0.3 is 11.2 Å². The van der Waals surface area contributed by atoms with Crippen LogP contribution in [0.15, 0.2) is 67.7 Å². The molecule has 4 rings (SSSR count). The van der Waals surface area contributed by atoms with Gasteiger partial charge in [-0.15, -0.1) is 4.68 Å². The third-order valence-corrected chi connectivity index (χ3v) is 4.21. The van der Waals surface area contributed by atoms with Gasteiger partial charge in [0.25, 0.3) is 0 Å². The summed E-state index contributed by atoms with van der Waals surface area (Å²) >= 11 is 3.39. The highest BCUT2D eigenvalue weighted by Crippen LogP contribution is 2.24. The first-order valence-electron chi connectivity index (χ1n) is 7.19. The number of fused-ring (bicyclic) bond motifs is 3. The van der Waals surface area contributed by atoms with Crippen LogP contribution in [0.4, 0.5) is 0 Å². The second-order valence-corrected chi connectivity index (χ2v) is 6.18. The van der Waals surface area contributed by atoms with E-state index in [1.54, 1.807) is 0 Å². The maximum absolute atomic E-state index is 12.6. The monoisotopic (exact) mass is 382 g/mol. The van der Waals surface area contributed by atoms with Crippen molar-refractivity contribution in [3.05, 3.63) is 79.4 Å². The fourth-order valence-electron chi connectivity index (χ4n) is 2.58. The molecular formula is C17H11BrN4O2. The smallest absolute Gasteiger partial charge is 0.349 e. The van der Waals surface area contributed by atoms with Crippen LogP contribution in [0.25, 0.3) is 21.9 Å². The molecule has 118 valence electrons. The highest BCUT2D eigenvalue weighted by atomic mass is 79.9. The van der Waals surface area contributed by atoms with E-state index in [9.17, 15) is 9.59 Å². The molecule has 6 nitrogen and oxygen atoms in total. The van der Waals surface area contributed by atoms with Crippen LogP contribution in [0.3, 0.4) is 0 Å². The van der Waals surface area contributed by atoms with Crippen LogP contribution in [-0.4, -0.2) is 20.9 Å². The zero-order valence-electron chi connectivity index (χ0n) is 12.3. The minimum Gasteiger partial charge on any atom is -0.349 e. The molecular weight excluding hydrogens is 372 g/mol. The molecule has 0 unspecified atom stereocenters. The molecule has 0 fully saturated rings. The zero-order valence-corrected chi connectivity index (χ0v) is 13.9. The van der Waals surface area contributed by atoms with Crippen LogP contribution in [0.2, 0.25) is 0 Å². The lowest BCUT2D eigenvalue weighted by Gasteiger charge is -1.98. The molecule has 2 N–H and O–H groups in total. The normalized spacial score (nSPS) is 11.7. The number of aromatic nitrogens is 3. The van der Waals surface area contributed by atoms with Crippen LogP contribution in [0.1, 0.15) is 5.56 Å². The summed E-state index contributed by atoms with van der Waals surface area (Å²) in [7, 11) is 0. The zero-order chi connectivity index (χ0) is 16.7. The molecule has 0 atom stereocenters. The molecule has 2 heterocycles. The van der Waals surface area contributed by atoms with Crippen LogP contribution < -0.4 is 11.2 Å². The molecule has 0 radical (unpaired) electrons. The molecule has 2 aromatic carbocycles. The summed E-state index contributed by atoms with van der Waals surface area (Å²) in [5, 5.41) is 4.79. The lowest BCUT2D eigenvalue weighted by atomic mass is 10.2. The molecule has 0 amide bonds. The van der Waals surface area contributed by atoms with Crippen LogP contribution in [0.5, 0.6) is 0 Å². The number of H-pyrrole nitrogens is 2. The van der Waals surface area contributed by atoms with Gasteiger partial charge < -0.3 is 9.97 Å². The number of rotatable bonds is 2. The van der Waals surface area contributed by atoms with E-state index in [1.807, 2.05) is 48.5 Å². The summed E-state index contributed by atoms with van der Waals surface area (Å²) in [5.41, 5.74) is 1.28. The molecule has 2 aromatic heterocycles. The van der Waals surface area contributed by atoms with Gasteiger partial charge in [0.15, 0.2) is 0 Å². The number of nitrogens with zero attached hydrogens (tertiary/aromatic N) is 2. The Hall–Kier alpha value is -2.93. The van der Waals surface area contributed by atoms with E-state index in [4.69, 9.17) is 0 Å². The Morgan fingerprint density at radius 1 is 1.00 bits per heavy atom. The summed E-state index contributed by atoms with van der Waals surface area (Å²) in [6, 6.07) is 14.8. The second kappa shape index (κ2) is 5.61. The first-order chi connectivity index (χ1) is 11.6. The maximum atomic E-state index is 12.6. The van der Waals surface area contributed by atoms with Gasteiger partial charge in [-0.3, -0.25) is 4.79 Å². The first kappa shape index (κ1) is 14.6. The maximum Gasteiger partial charge on any atom is 0.350 e. The molecule has 0 saturated heterocycles. The standard InChI is InChI=1S/C17H11BrN4O2/c18-11-6-7-13-12(8-11)14-15(20-13)16(23)22(17(24)21-14)19-9-10-4-2-1-3-5-10/h1-9,20H,(H,21,24)/b19-9-. The molecule has 4 aromatic rings. The van der Waals surface area contributed by atoms with Crippen molar-refractivity contribution >= 4 is 44.1 Å². The van der Waals surface area contributed by atoms with Crippen molar-refractivity contribution in [2.45, 2.75) is 0 Å². The molecule has 0 spiro atoms. The van der Waals surface area contributed by atoms with Crippen molar-refractivity contribution < 1.29 is 0 Å². The molecule has 0 aliphatic carbocycles. The Balaban J connectivity index is 1.95. The van der Waals surface area contributed by atoms with E-state index >= 15 is 0 Å². The average Bonchev–Trinajstić information content (AvgIpc) is 2.94. The van der Waals surface area contributed by atoms with Gasteiger partial charge in [0.05, 0.1) is 11.7 Å². The molecule has 0 aliphatic heterocycles. The number of hydrogen-bond acceptors (Lipinski definition) is 3. The average molecular weight is 383 g/mol. The highest BCUT2D eigenvalue weighted by Gasteiger charge is 2.12. The van der Waals surface area contributed by atoms with Crippen molar-refractivity contribution in [2.75, 3.05) is 0 Å². The Labute approximate surface area is 143 Å². The molecule has 24 heavy (non-hydrogen) atoms. The van der Waals surface area contributed by atoms with E-state index in [2.05, 4.69) is 31.0 Å². The molecule has 0 bridgehead atoms. The van der Waals surface area contributed by atoms with E-state index in [1.165, 1.54) is 6.21 Å². The van der Waals surface area contributed by atoms with Gasteiger partial charge in [0.1, 0.15) is 5.52 Å². The minimum absolute atomic E-state index is 0.313. The van der Waals surface area contributed by atoms with E-state index < -0.39 is 11.2 Å². The lowest BCUT2D eigenvalue weighted by Crippen LogP contribution is -2.32. The summed E-state index contributed by atoms with van der Waals surface area (Å²) < 4.78 is 1.68. The van der Waals surface area contributed by atoms with Gasteiger partial charge in [-0.25, -0.2) is 4.79 Å². The van der Waals surface area contributed by atoms with Crippen molar-refractivity contribution in [1.29, 1.82) is 0 Å². The lowest BCUT2D eigenvalue weighted by molar-refractivity contribution is 0.770. The number of hydrogen-bond donors (Lipinski definition) is 2. The summed E-state index contributed by atoms with van der Waals surface area (Å²) in [6.07, 6.45) is 1.47. The van der Waals surface area contributed by atoms with Crippen molar-refractivity contribution in [1.82, 2.24) is 14.6 Å². The van der Waals surface area contributed by atoms with E-state index in [0.29, 0.717) is 11.0 Å². The minimum atomic E-state index is -0.583. The second-order valence-electron chi connectivity index (χ2n) is 5.27. The van der Waals surface area contributed by atoms with Gasteiger partial charge in [0, 0.05) is 15.4 Å². The van der Waals surface area contributed by atoms with Crippen molar-refractivity contribution in [3.8, 4) is 0 Å². The van der Waals surface area contributed by atoms with Crippen LogP contribution >= 0.6 is 15.9 Å². The Morgan fingerprint density at radius 3 is 2.58 bits per heavy atom.